The SMILES string of the molecule is Cc1cc(NC(=O)OC(C)(C)C)c(B(O)O)cn1. The largest absolute Gasteiger partial charge is 0.492 e. The maximum absolute atomic E-state index is 11.6. The fourth-order valence-corrected chi connectivity index (χ4v) is 1.30. The van der Waals surface area contributed by atoms with Gasteiger partial charge in [0.05, 0.1) is 0 Å². The molecule has 0 radical (unpaired) electrons. The number of anilines is 1. The number of nitrogens with zero attached hydrogens (tertiary/aromatic N) is 1. The molecule has 1 heterocycles. The van der Waals surface area contributed by atoms with E-state index in [9.17, 15) is 4.79 Å². The maximum Gasteiger partial charge on any atom is 0.492 e. The normalized spacial score (nSPS) is 11.0. The average Bonchev–Trinajstić information content (AvgIpc) is 2.13. The highest BCUT2D eigenvalue weighted by Gasteiger charge is 2.21. The van der Waals surface area contributed by atoms with Gasteiger partial charge in [-0.1, -0.05) is 0 Å². The van der Waals surface area contributed by atoms with Crippen LogP contribution in [0.25, 0.3) is 0 Å². The first-order valence-electron chi connectivity index (χ1n) is 5.52. The van der Waals surface area contributed by atoms with Gasteiger partial charge in [-0.3, -0.25) is 10.3 Å². The minimum atomic E-state index is -1.71. The molecule has 0 aliphatic carbocycles. The molecule has 18 heavy (non-hydrogen) atoms. The minimum Gasteiger partial charge on any atom is -0.444 e. The molecule has 1 aromatic heterocycles. The molecule has 0 saturated carbocycles. The van der Waals surface area contributed by atoms with E-state index in [0.717, 1.165) is 0 Å². The monoisotopic (exact) mass is 252 g/mol. The van der Waals surface area contributed by atoms with E-state index in [2.05, 4.69) is 10.3 Å². The van der Waals surface area contributed by atoms with Crippen LogP contribution in [-0.4, -0.2) is 33.8 Å². The Kier molecular flexibility index (Phi) is 4.31. The maximum atomic E-state index is 11.6. The van der Waals surface area contributed by atoms with Gasteiger partial charge in [-0.05, 0) is 33.8 Å². The Labute approximate surface area is 106 Å². The van der Waals surface area contributed by atoms with Crippen molar-refractivity contribution in [3.63, 3.8) is 0 Å². The van der Waals surface area contributed by atoms with E-state index in [1.807, 2.05) is 0 Å². The van der Waals surface area contributed by atoms with Crippen molar-refractivity contribution in [3.8, 4) is 0 Å². The number of hydrogen-bond donors (Lipinski definition) is 3. The second-order valence-corrected chi connectivity index (χ2v) is 4.91. The number of hydrogen-bond acceptors (Lipinski definition) is 5. The van der Waals surface area contributed by atoms with Crippen LogP contribution >= 0.6 is 0 Å². The molecule has 0 aromatic carbocycles. The lowest BCUT2D eigenvalue weighted by Crippen LogP contribution is -2.35. The molecule has 3 N–H and O–H groups in total. The Bertz CT molecular complexity index is 443. The minimum absolute atomic E-state index is 0.117. The number of aryl methyl sites for hydroxylation is 1. The zero-order chi connectivity index (χ0) is 13.9. The average molecular weight is 252 g/mol. The summed E-state index contributed by atoms with van der Waals surface area (Å²) in [6.07, 6.45) is 0.641. The Morgan fingerprint density at radius 3 is 2.56 bits per heavy atom. The van der Waals surface area contributed by atoms with Crippen LogP contribution in [0.4, 0.5) is 10.5 Å². The molecule has 0 unspecified atom stereocenters. The highest BCUT2D eigenvalue weighted by Crippen LogP contribution is 2.11. The van der Waals surface area contributed by atoms with Crippen LogP contribution in [-0.2, 0) is 4.74 Å². The number of amides is 1. The summed E-state index contributed by atoms with van der Waals surface area (Å²) in [5, 5.41) is 20.8. The van der Waals surface area contributed by atoms with Crippen molar-refractivity contribution >= 4 is 24.4 Å². The van der Waals surface area contributed by atoms with Gasteiger partial charge in [0.1, 0.15) is 5.60 Å². The molecule has 0 bridgehead atoms. The van der Waals surface area contributed by atoms with E-state index >= 15 is 0 Å². The smallest absolute Gasteiger partial charge is 0.444 e. The molecule has 1 aromatic rings. The fraction of sp³-hybridized carbons (Fsp3) is 0.455. The van der Waals surface area contributed by atoms with Gasteiger partial charge in [-0.25, -0.2) is 4.79 Å². The number of aromatic nitrogens is 1. The number of carbonyl (C=O) groups is 1. The highest BCUT2D eigenvalue weighted by atomic mass is 16.6. The quantitative estimate of drug-likeness (QED) is 0.663. The molecule has 1 rings (SSSR count). The highest BCUT2D eigenvalue weighted by molar-refractivity contribution is 6.60. The van der Waals surface area contributed by atoms with Gasteiger partial charge in [-0.2, -0.15) is 0 Å². The molecular formula is C11H17BN2O4. The Balaban J connectivity index is 2.89. The summed E-state index contributed by atoms with van der Waals surface area (Å²) < 4.78 is 5.08. The lowest BCUT2D eigenvalue weighted by molar-refractivity contribution is 0.0636. The Morgan fingerprint density at radius 2 is 2.06 bits per heavy atom. The van der Waals surface area contributed by atoms with Gasteiger partial charge < -0.3 is 14.8 Å². The van der Waals surface area contributed by atoms with Crippen LogP contribution in [0.1, 0.15) is 26.5 Å². The predicted molar refractivity (Wildman–Crippen MR) is 68.7 cm³/mol. The fourth-order valence-electron chi connectivity index (χ4n) is 1.30. The van der Waals surface area contributed by atoms with Crippen molar-refractivity contribution in [1.29, 1.82) is 0 Å². The van der Waals surface area contributed by atoms with E-state index in [4.69, 9.17) is 14.8 Å². The molecule has 0 aliphatic heterocycles. The number of rotatable bonds is 2. The van der Waals surface area contributed by atoms with Gasteiger partial charge in [0.2, 0.25) is 0 Å². The first-order valence-corrected chi connectivity index (χ1v) is 5.52. The van der Waals surface area contributed by atoms with Gasteiger partial charge in [0.25, 0.3) is 0 Å². The van der Waals surface area contributed by atoms with E-state index < -0.39 is 18.8 Å². The van der Waals surface area contributed by atoms with Gasteiger partial charge in [-0.15, -0.1) is 0 Å². The molecule has 0 spiro atoms. The summed E-state index contributed by atoms with van der Waals surface area (Å²) in [5.74, 6) is 0. The third kappa shape index (κ3) is 4.35. The summed E-state index contributed by atoms with van der Waals surface area (Å²) in [5.41, 5.74) is 0.410. The lowest BCUT2D eigenvalue weighted by Gasteiger charge is -2.20. The zero-order valence-corrected chi connectivity index (χ0v) is 10.9. The molecule has 0 atom stereocenters. The summed E-state index contributed by atoms with van der Waals surface area (Å²) >= 11 is 0. The van der Waals surface area contributed by atoms with Gasteiger partial charge in [0, 0.05) is 23.0 Å². The third-order valence-electron chi connectivity index (χ3n) is 1.99. The molecule has 0 saturated heterocycles. The predicted octanol–water partition coefficient (Wildman–Crippen LogP) is 0.417. The summed E-state index contributed by atoms with van der Waals surface area (Å²) in [6, 6.07) is 1.54. The van der Waals surface area contributed by atoms with Crippen LogP contribution in [0.2, 0.25) is 0 Å². The van der Waals surface area contributed by atoms with Crippen molar-refractivity contribution in [2.24, 2.45) is 0 Å². The van der Waals surface area contributed by atoms with Crippen LogP contribution in [0.15, 0.2) is 12.3 Å². The summed E-state index contributed by atoms with van der Waals surface area (Å²) in [4.78, 5) is 15.5. The first-order chi connectivity index (χ1) is 8.19. The molecule has 0 aliphatic rings. The number of carbonyl (C=O) groups excluding carboxylic acids is 1. The second kappa shape index (κ2) is 5.37. The second-order valence-electron chi connectivity index (χ2n) is 4.91. The third-order valence-corrected chi connectivity index (χ3v) is 1.99. The molecule has 0 fully saturated rings. The van der Waals surface area contributed by atoms with Gasteiger partial charge >= 0.3 is 13.2 Å². The van der Waals surface area contributed by atoms with Crippen molar-refractivity contribution in [1.82, 2.24) is 4.98 Å². The molecule has 6 nitrogen and oxygen atoms in total. The number of pyridine rings is 1. The van der Waals surface area contributed by atoms with Crippen molar-refractivity contribution in [2.45, 2.75) is 33.3 Å². The topological polar surface area (TPSA) is 91.7 Å². The van der Waals surface area contributed by atoms with E-state index in [0.29, 0.717) is 5.69 Å². The number of nitrogens with one attached hydrogen (secondary N) is 1. The number of ether oxygens (including phenoxy) is 1. The van der Waals surface area contributed by atoms with Crippen LogP contribution in [0.3, 0.4) is 0 Å². The Hall–Kier alpha value is -1.60. The van der Waals surface area contributed by atoms with Crippen LogP contribution in [0, 0.1) is 6.92 Å². The first kappa shape index (κ1) is 14.5. The zero-order valence-electron chi connectivity index (χ0n) is 10.9. The Morgan fingerprint density at radius 1 is 1.44 bits per heavy atom. The van der Waals surface area contributed by atoms with E-state index in [1.165, 1.54) is 6.20 Å². The molecule has 7 heteroatoms. The lowest BCUT2D eigenvalue weighted by atomic mass is 9.80. The van der Waals surface area contributed by atoms with Crippen molar-refractivity contribution in [3.05, 3.63) is 18.0 Å². The molecular weight excluding hydrogens is 235 g/mol. The van der Waals surface area contributed by atoms with Crippen molar-refractivity contribution in [2.75, 3.05) is 5.32 Å². The van der Waals surface area contributed by atoms with E-state index in [1.54, 1.807) is 33.8 Å². The summed E-state index contributed by atoms with van der Waals surface area (Å²) in [7, 11) is -1.71. The van der Waals surface area contributed by atoms with Crippen LogP contribution < -0.4 is 10.8 Å². The standard InChI is InChI=1S/C11H17BN2O4/c1-7-5-9(8(6-13-7)12(16)17)14-10(15)18-11(2,3)4/h5-6,16-17H,1-4H3,(H,13,14,15). The summed E-state index contributed by atoms with van der Waals surface area (Å²) in [6.45, 7) is 6.96. The van der Waals surface area contributed by atoms with Crippen molar-refractivity contribution < 1.29 is 19.6 Å². The van der Waals surface area contributed by atoms with Gasteiger partial charge in [0.15, 0.2) is 0 Å². The van der Waals surface area contributed by atoms with E-state index in [-0.39, 0.29) is 11.2 Å². The molecule has 98 valence electrons. The van der Waals surface area contributed by atoms with Crippen LogP contribution in [0.5, 0.6) is 0 Å². The molecule has 1 amide bonds.